The van der Waals surface area contributed by atoms with Crippen molar-refractivity contribution in [1.29, 1.82) is 0 Å². The Hall–Kier alpha value is -0.380. The highest BCUT2D eigenvalue weighted by Gasteiger charge is 2.24. The van der Waals surface area contributed by atoms with Gasteiger partial charge in [-0.05, 0) is 49.9 Å². The molecule has 3 heteroatoms. The summed E-state index contributed by atoms with van der Waals surface area (Å²) in [4.78, 5) is 4.22. The van der Waals surface area contributed by atoms with Crippen molar-refractivity contribution < 1.29 is 0 Å². The number of thiophene rings is 1. The van der Waals surface area contributed by atoms with Crippen LogP contribution in [-0.4, -0.2) is 31.1 Å². The molecule has 0 spiro atoms. The highest BCUT2D eigenvalue weighted by Crippen LogP contribution is 2.26. The lowest BCUT2D eigenvalue weighted by atomic mass is 9.99. The predicted molar refractivity (Wildman–Crippen MR) is 71.0 cm³/mol. The van der Waals surface area contributed by atoms with Gasteiger partial charge < -0.3 is 5.32 Å². The van der Waals surface area contributed by atoms with Crippen molar-refractivity contribution in [2.45, 2.75) is 32.9 Å². The highest BCUT2D eigenvalue weighted by molar-refractivity contribution is 7.10. The fourth-order valence-electron chi connectivity index (χ4n) is 2.47. The average molecular weight is 238 g/mol. The maximum atomic E-state index is 3.28. The Labute approximate surface area is 103 Å². The molecular weight excluding hydrogens is 216 g/mol. The normalized spacial score (nSPS) is 20.4. The van der Waals surface area contributed by atoms with Gasteiger partial charge in [0, 0.05) is 24.0 Å². The minimum atomic E-state index is 0.667. The molecule has 1 aromatic heterocycles. The Bertz CT molecular complexity index is 334. The molecule has 1 aliphatic heterocycles. The quantitative estimate of drug-likeness (QED) is 0.866. The van der Waals surface area contributed by atoms with E-state index in [4.69, 9.17) is 0 Å². The summed E-state index contributed by atoms with van der Waals surface area (Å²) in [5.74, 6) is 0.713. The van der Waals surface area contributed by atoms with Crippen molar-refractivity contribution in [1.82, 2.24) is 10.2 Å². The topological polar surface area (TPSA) is 15.3 Å². The molecule has 16 heavy (non-hydrogen) atoms. The Balaban J connectivity index is 1.97. The summed E-state index contributed by atoms with van der Waals surface area (Å²) in [6, 6.07) is 2.96. The third kappa shape index (κ3) is 2.47. The van der Waals surface area contributed by atoms with Gasteiger partial charge in [0.25, 0.3) is 0 Å². The molecule has 0 saturated carbocycles. The number of nitrogens with one attached hydrogen (secondary N) is 1. The number of nitrogens with zero attached hydrogens (tertiary/aromatic N) is 1. The van der Waals surface area contributed by atoms with Gasteiger partial charge in [0.05, 0.1) is 0 Å². The molecule has 0 bridgehead atoms. The van der Waals surface area contributed by atoms with Crippen molar-refractivity contribution in [3.05, 3.63) is 21.9 Å². The smallest absolute Gasteiger partial charge is 0.0247 e. The van der Waals surface area contributed by atoms with Crippen molar-refractivity contribution in [2.75, 3.05) is 20.1 Å². The molecule has 0 aromatic carbocycles. The summed E-state index contributed by atoms with van der Waals surface area (Å²) in [6.45, 7) is 8.18. The second-order valence-electron chi connectivity index (χ2n) is 4.87. The minimum Gasteiger partial charge on any atom is -0.319 e. The molecule has 0 aliphatic carbocycles. The third-order valence-electron chi connectivity index (χ3n) is 3.76. The minimum absolute atomic E-state index is 0.667. The number of hydrogen-bond donors (Lipinski definition) is 1. The van der Waals surface area contributed by atoms with E-state index in [0.29, 0.717) is 12.0 Å². The van der Waals surface area contributed by atoms with Crippen LogP contribution < -0.4 is 5.32 Å². The molecule has 0 radical (unpaired) electrons. The van der Waals surface area contributed by atoms with E-state index in [1.54, 1.807) is 10.4 Å². The molecule has 2 atom stereocenters. The van der Waals surface area contributed by atoms with Crippen LogP contribution in [0, 0.1) is 5.92 Å². The number of fused-ring (bicyclic) bond motifs is 1. The van der Waals surface area contributed by atoms with E-state index in [-0.39, 0.29) is 0 Å². The molecule has 0 amide bonds. The van der Waals surface area contributed by atoms with Crippen molar-refractivity contribution in [3.63, 3.8) is 0 Å². The van der Waals surface area contributed by atoms with Gasteiger partial charge in [0.1, 0.15) is 0 Å². The van der Waals surface area contributed by atoms with E-state index in [0.717, 1.165) is 13.1 Å². The van der Waals surface area contributed by atoms with E-state index < -0.39 is 0 Å². The molecule has 0 fully saturated rings. The monoisotopic (exact) mass is 238 g/mol. The van der Waals surface area contributed by atoms with Crippen LogP contribution in [-0.2, 0) is 13.0 Å². The molecule has 2 rings (SSSR count). The third-order valence-corrected chi connectivity index (χ3v) is 4.79. The van der Waals surface area contributed by atoms with E-state index in [9.17, 15) is 0 Å². The molecule has 2 heterocycles. The van der Waals surface area contributed by atoms with Gasteiger partial charge in [0.2, 0.25) is 0 Å². The van der Waals surface area contributed by atoms with Crippen molar-refractivity contribution >= 4 is 11.3 Å². The Kier molecular flexibility index (Phi) is 4.00. The van der Waals surface area contributed by atoms with E-state index in [1.807, 2.05) is 18.4 Å². The van der Waals surface area contributed by atoms with Gasteiger partial charge in [0.15, 0.2) is 0 Å². The van der Waals surface area contributed by atoms with Crippen LogP contribution in [0.1, 0.15) is 24.3 Å². The molecule has 2 nitrogen and oxygen atoms in total. The van der Waals surface area contributed by atoms with Gasteiger partial charge >= 0.3 is 0 Å². The maximum Gasteiger partial charge on any atom is 0.0247 e. The van der Waals surface area contributed by atoms with E-state index in [2.05, 4.69) is 35.5 Å². The molecule has 1 N–H and O–H groups in total. The molecule has 0 saturated heterocycles. The van der Waals surface area contributed by atoms with E-state index >= 15 is 0 Å². The molecule has 2 unspecified atom stereocenters. The van der Waals surface area contributed by atoms with Gasteiger partial charge in [-0.3, -0.25) is 4.90 Å². The Morgan fingerprint density at radius 1 is 1.50 bits per heavy atom. The van der Waals surface area contributed by atoms with Crippen LogP contribution >= 0.6 is 11.3 Å². The summed E-state index contributed by atoms with van der Waals surface area (Å²) in [7, 11) is 2.04. The SMILES string of the molecule is CNCC(C)C(C)N1CCc2sccc2C1. The van der Waals surface area contributed by atoms with Crippen molar-refractivity contribution in [3.8, 4) is 0 Å². The van der Waals surface area contributed by atoms with Crippen LogP contribution in [0.4, 0.5) is 0 Å². The first kappa shape index (κ1) is 12.1. The Morgan fingerprint density at radius 3 is 3.06 bits per heavy atom. The van der Waals surface area contributed by atoms with Crippen molar-refractivity contribution in [2.24, 2.45) is 5.92 Å². The lowest BCUT2D eigenvalue weighted by molar-refractivity contribution is 0.146. The van der Waals surface area contributed by atoms with Crippen LogP contribution in [0.2, 0.25) is 0 Å². The second-order valence-corrected chi connectivity index (χ2v) is 5.87. The predicted octanol–water partition coefficient (Wildman–Crippen LogP) is 2.35. The van der Waals surface area contributed by atoms with Gasteiger partial charge in [-0.2, -0.15) is 0 Å². The maximum absolute atomic E-state index is 3.28. The summed E-state index contributed by atoms with van der Waals surface area (Å²) >= 11 is 1.92. The fourth-order valence-corrected chi connectivity index (χ4v) is 3.36. The molecule has 1 aromatic rings. The average Bonchev–Trinajstić information content (AvgIpc) is 2.75. The standard InChI is InChI=1S/C13H22N2S/c1-10(8-14-3)11(2)15-6-4-13-12(9-15)5-7-16-13/h5,7,10-11,14H,4,6,8-9H2,1-3H3. The number of rotatable bonds is 4. The first-order valence-corrected chi connectivity index (χ1v) is 7.04. The lowest BCUT2D eigenvalue weighted by Crippen LogP contribution is -2.43. The summed E-state index contributed by atoms with van der Waals surface area (Å²) < 4.78 is 0. The number of hydrogen-bond acceptors (Lipinski definition) is 3. The van der Waals surface area contributed by atoms with Crippen LogP contribution in [0.25, 0.3) is 0 Å². The summed E-state index contributed by atoms with van der Waals surface area (Å²) in [5, 5.41) is 5.51. The van der Waals surface area contributed by atoms with Crippen LogP contribution in [0.15, 0.2) is 11.4 Å². The van der Waals surface area contributed by atoms with Gasteiger partial charge in [-0.1, -0.05) is 6.92 Å². The zero-order chi connectivity index (χ0) is 11.5. The van der Waals surface area contributed by atoms with Gasteiger partial charge in [-0.15, -0.1) is 11.3 Å². The Morgan fingerprint density at radius 2 is 2.31 bits per heavy atom. The molecule has 1 aliphatic rings. The summed E-state index contributed by atoms with van der Waals surface area (Å²) in [5.41, 5.74) is 1.56. The second kappa shape index (κ2) is 5.30. The van der Waals surface area contributed by atoms with Crippen LogP contribution in [0.5, 0.6) is 0 Å². The lowest BCUT2D eigenvalue weighted by Gasteiger charge is -2.35. The fraction of sp³-hybridized carbons (Fsp3) is 0.692. The highest BCUT2D eigenvalue weighted by atomic mass is 32.1. The summed E-state index contributed by atoms with van der Waals surface area (Å²) in [6.07, 6.45) is 1.24. The largest absolute Gasteiger partial charge is 0.319 e. The van der Waals surface area contributed by atoms with E-state index in [1.165, 1.54) is 13.0 Å². The zero-order valence-corrected chi connectivity index (χ0v) is 11.3. The molecule has 90 valence electrons. The zero-order valence-electron chi connectivity index (χ0n) is 10.5. The van der Waals surface area contributed by atoms with Gasteiger partial charge in [-0.25, -0.2) is 0 Å². The first-order chi connectivity index (χ1) is 7.72. The molecular formula is C13H22N2S. The first-order valence-electron chi connectivity index (χ1n) is 6.16. The van der Waals surface area contributed by atoms with Crippen LogP contribution in [0.3, 0.4) is 0 Å².